The zero-order valence-corrected chi connectivity index (χ0v) is 34.4. The van der Waals surface area contributed by atoms with E-state index >= 15 is 0 Å². The largest absolute Gasteiger partial charge is 0.465 e. The quantitative estimate of drug-likeness (QED) is 0.0770. The molecule has 0 bridgehead atoms. The zero-order valence-electron chi connectivity index (χ0n) is 34.4. The Balaban J connectivity index is 1.12. The van der Waals surface area contributed by atoms with Crippen molar-refractivity contribution in [2.75, 3.05) is 13.2 Å². The van der Waals surface area contributed by atoms with Crippen LogP contribution in [0.2, 0.25) is 0 Å². The Morgan fingerprint density at radius 1 is 0.857 bits per heavy atom. The molecular weight excluding hydrogens is 728 g/mol. The van der Waals surface area contributed by atoms with Gasteiger partial charge in [0, 0.05) is 11.8 Å². The minimum Gasteiger partial charge on any atom is -0.465 e. The van der Waals surface area contributed by atoms with Gasteiger partial charge in [0.1, 0.15) is 42.7 Å². The Kier molecular flexibility index (Phi) is 11.5. The van der Waals surface area contributed by atoms with Crippen molar-refractivity contribution in [1.82, 2.24) is 0 Å². The summed E-state index contributed by atoms with van der Waals surface area (Å²) in [5, 5.41) is 74.4. The van der Waals surface area contributed by atoms with Crippen LogP contribution in [0.5, 0.6) is 0 Å². The lowest BCUT2D eigenvalue weighted by atomic mass is 9.34. The molecule has 0 amide bonds. The number of ether oxygens (including phenoxy) is 6. The van der Waals surface area contributed by atoms with Crippen LogP contribution in [0, 0.1) is 39.4 Å². The van der Waals surface area contributed by atoms with Crippen molar-refractivity contribution in [3.8, 4) is 0 Å². The molecule has 14 heteroatoms. The first-order chi connectivity index (χ1) is 26.1. The SMILES string of the molecule is CC(C)=CC(O)CC1(C)OC1C1CCC2C3(C)CCC(OC4OC(CO)C(O)C(O)C4OC4OC(C)C(O)C(O)C4O)C(C)(C)C3CCC2(C)C12COC(=O)C2. The summed E-state index contributed by atoms with van der Waals surface area (Å²) in [5.74, 6) is 0.450. The molecule has 0 aromatic rings. The molecule has 7 aliphatic rings. The van der Waals surface area contributed by atoms with Crippen LogP contribution < -0.4 is 0 Å². The molecule has 320 valence electrons. The molecule has 7 fully saturated rings. The maximum Gasteiger partial charge on any atom is 0.306 e. The smallest absolute Gasteiger partial charge is 0.306 e. The molecule has 1 spiro atoms. The monoisotopic (exact) mass is 796 g/mol. The van der Waals surface area contributed by atoms with Gasteiger partial charge in [0.15, 0.2) is 12.6 Å². The van der Waals surface area contributed by atoms with Crippen LogP contribution in [0.15, 0.2) is 11.6 Å². The Morgan fingerprint density at radius 2 is 1.57 bits per heavy atom. The van der Waals surface area contributed by atoms with E-state index in [1.807, 2.05) is 19.9 Å². The first-order valence-electron chi connectivity index (χ1n) is 20.9. The molecular formula is C42H68O14. The lowest BCUT2D eigenvalue weighted by molar-refractivity contribution is -0.376. The number of allylic oxidation sites excluding steroid dienone is 1. The lowest BCUT2D eigenvalue weighted by Crippen LogP contribution is -2.67. The molecule has 4 saturated heterocycles. The van der Waals surface area contributed by atoms with Crippen molar-refractivity contribution >= 4 is 5.97 Å². The second-order valence-corrected chi connectivity index (χ2v) is 20.1. The number of rotatable bonds is 9. The summed E-state index contributed by atoms with van der Waals surface area (Å²) in [4.78, 5) is 13.1. The highest BCUT2D eigenvalue weighted by Crippen LogP contribution is 2.75. The van der Waals surface area contributed by atoms with Gasteiger partial charge in [-0.1, -0.05) is 39.3 Å². The molecule has 3 aliphatic carbocycles. The van der Waals surface area contributed by atoms with E-state index in [-0.39, 0.29) is 46.8 Å². The standard InChI is InChI=1S/C42H68O14/c1-20(2)15-22(44)16-41(8)35(56-41)23-9-10-26-39(6)13-12-27(38(4,5)25(39)11-14-40(26,7)42(23)17-28(45)51-19-42)54-37-34(32(49)30(47)24(18-43)53-37)55-36-33(50)31(48)29(46)21(3)52-36/h15,21-27,29-37,43-44,46-50H,9-14,16-19H2,1-8H3. The van der Waals surface area contributed by atoms with Gasteiger partial charge in [0.05, 0.1) is 49.7 Å². The molecule has 7 rings (SSSR count). The summed E-state index contributed by atoms with van der Waals surface area (Å²) in [6, 6.07) is 0. The zero-order chi connectivity index (χ0) is 40.9. The predicted octanol–water partition coefficient (Wildman–Crippen LogP) is 2.10. The summed E-state index contributed by atoms with van der Waals surface area (Å²) in [7, 11) is 0. The Bertz CT molecular complexity index is 1490. The van der Waals surface area contributed by atoms with Crippen LogP contribution in [0.1, 0.15) is 107 Å². The number of epoxide rings is 1. The average molecular weight is 797 g/mol. The van der Waals surface area contributed by atoms with E-state index in [2.05, 4.69) is 34.6 Å². The van der Waals surface area contributed by atoms with Crippen LogP contribution in [0.3, 0.4) is 0 Å². The van der Waals surface area contributed by atoms with E-state index in [1.165, 1.54) is 6.92 Å². The van der Waals surface area contributed by atoms with Gasteiger partial charge in [-0.2, -0.15) is 0 Å². The summed E-state index contributed by atoms with van der Waals surface area (Å²) < 4.78 is 37.0. The van der Waals surface area contributed by atoms with E-state index in [0.29, 0.717) is 25.9 Å². The maximum atomic E-state index is 13.1. The Hall–Kier alpha value is -1.27. The second-order valence-electron chi connectivity index (χ2n) is 20.1. The minimum absolute atomic E-state index is 0.0694. The van der Waals surface area contributed by atoms with E-state index in [4.69, 9.17) is 28.4 Å². The van der Waals surface area contributed by atoms with E-state index < -0.39 is 90.6 Å². The summed E-state index contributed by atoms with van der Waals surface area (Å²) in [6.45, 7) is 16.6. The summed E-state index contributed by atoms with van der Waals surface area (Å²) >= 11 is 0. The molecule has 0 aromatic heterocycles. The van der Waals surface area contributed by atoms with Gasteiger partial charge < -0.3 is 64.2 Å². The molecule has 14 nitrogen and oxygen atoms in total. The molecule has 4 aliphatic heterocycles. The van der Waals surface area contributed by atoms with E-state index in [0.717, 1.165) is 37.7 Å². The number of hydrogen-bond acceptors (Lipinski definition) is 14. The Morgan fingerprint density at radius 3 is 2.21 bits per heavy atom. The molecule has 7 N–H and O–H groups in total. The van der Waals surface area contributed by atoms with Gasteiger partial charge in [-0.25, -0.2) is 0 Å². The first kappa shape index (κ1) is 42.8. The van der Waals surface area contributed by atoms with Crippen molar-refractivity contribution in [1.29, 1.82) is 0 Å². The van der Waals surface area contributed by atoms with Gasteiger partial charge in [-0.05, 0) is 100 Å². The molecule has 20 unspecified atom stereocenters. The fourth-order valence-corrected chi connectivity index (χ4v) is 13.2. The van der Waals surface area contributed by atoms with Crippen LogP contribution in [0.4, 0.5) is 0 Å². The first-order valence-corrected chi connectivity index (χ1v) is 20.9. The maximum absolute atomic E-state index is 13.1. The minimum atomic E-state index is -1.65. The highest BCUT2D eigenvalue weighted by Gasteiger charge is 2.74. The van der Waals surface area contributed by atoms with Crippen molar-refractivity contribution in [3.05, 3.63) is 11.6 Å². The third kappa shape index (κ3) is 6.83. The van der Waals surface area contributed by atoms with Crippen molar-refractivity contribution < 1.29 is 69.0 Å². The number of esters is 1. The molecule has 4 heterocycles. The average Bonchev–Trinajstić information content (AvgIpc) is 3.60. The molecule has 3 saturated carbocycles. The number of fused-ring (bicyclic) bond motifs is 4. The number of cyclic esters (lactones) is 1. The van der Waals surface area contributed by atoms with Crippen LogP contribution in [-0.2, 0) is 33.2 Å². The van der Waals surface area contributed by atoms with Gasteiger partial charge in [0.2, 0.25) is 0 Å². The highest BCUT2D eigenvalue weighted by molar-refractivity contribution is 5.73. The van der Waals surface area contributed by atoms with Gasteiger partial charge >= 0.3 is 5.97 Å². The summed E-state index contributed by atoms with van der Waals surface area (Å²) in [5.41, 5.74) is -0.559. The van der Waals surface area contributed by atoms with E-state index in [1.54, 1.807) is 0 Å². The fraction of sp³-hybridized carbons (Fsp3) is 0.929. The third-order valence-corrected chi connectivity index (χ3v) is 16.2. The number of aliphatic hydroxyl groups is 7. The molecule has 0 radical (unpaired) electrons. The van der Waals surface area contributed by atoms with Gasteiger partial charge in [0.25, 0.3) is 0 Å². The number of carbonyl (C=O) groups excluding carboxylic acids is 1. The van der Waals surface area contributed by atoms with Crippen molar-refractivity contribution in [2.24, 2.45) is 39.4 Å². The second kappa shape index (κ2) is 15.0. The topological polar surface area (TPSA) is 217 Å². The van der Waals surface area contributed by atoms with E-state index in [9.17, 15) is 40.5 Å². The lowest BCUT2D eigenvalue weighted by Gasteiger charge is -2.70. The predicted molar refractivity (Wildman–Crippen MR) is 199 cm³/mol. The summed E-state index contributed by atoms with van der Waals surface area (Å²) in [6.07, 6.45) is -7.08. The van der Waals surface area contributed by atoms with Crippen LogP contribution in [-0.4, -0.2) is 140 Å². The van der Waals surface area contributed by atoms with Crippen LogP contribution >= 0.6 is 0 Å². The number of carbonyl (C=O) groups is 1. The van der Waals surface area contributed by atoms with Gasteiger partial charge in [-0.3, -0.25) is 4.79 Å². The highest BCUT2D eigenvalue weighted by atomic mass is 16.8. The van der Waals surface area contributed by atoms with Crippen molar-refractivity contribution in [3.63, 3.8) is 0 Å². The number of hydrogen-bond donors (Lipinski definition) is 7. The Labute approximate surface area is 330 Å². The fourth-order valence-electron chi connectivity index (χ4n) is 13.2. The number of aliphatic hydroxyl groups excluding tert-OH is 7. The normalized spacial score (nSPS) is 53.1. The third-order valence-electron chi connectivity index (χ3n) is 16.2. The van der Waals surface area contributed by atoms with Crippen molar-refractivity contribution in [2.45, 2.75) is 192 Å². The van der Waals surface area contributed by atoms with Gasteiger partial charge in [-0.15, -0.1) is 0 Å². The van der Waals surface area contributed by atoms with Crippen LogP contribution in [0.25, 0.3) is 0 Å². The molecule has 20 atom stereocenters. The molecule has 56 heavy (non-hydrogen) atoms. The molecule has 0 aromatic carbocycles.